The van der Waals surface area contributed by atoms with Gasteiger partial charge in [-0.15, -0.1) is 0 Å². The largest absolute Gasteiger partial charge is 0.316 e. The van der Waals surface area contributed by atoms with Crippen molar-refractivity contribution in [2.24, 2.45) is 5.41 Å². The molecule has 2 rings (SSSR count). The second-order valence-electron chi connectivity index (χ2n) is 7.14. The number of nitrogens with one attached hydrogen (secondary N) is 1. The lowest BCUT2D eigenvalue weighted by Gasteiger charge is -2.41. The summed E-state index contributed by atoms with van der Waals surface area (Å²) in [5.74, 6) is 0. The Labute approximate surface area is 125 Å². The van der Waals surface area contributed by atoms with E-state index in [-0.39, 0.29) is 0 Å². The van der Waals surface area contributed by atoms with Gasteiger partial charge in [-0.3, -0.25) is 0 Å². The Morgan fingerprint density at radius 3 is 2.10 bits per heavy atom. The maximum absolute atomic E-state index is 3.63. The molecule has 1 N–H and O–H groups in total. The molecule has 0 aromatic heterocycles. The minimum atomic E-state index is 0.469. The molecule has 1 atom stereocenters. The molecule has 0 spiro atoms. The molecule has 1 aliphatic rings. The third kappa shape index (κ3) is 3.25. The maximum atomic E-state index is 3.63. The zero-order valence-corrected chi connectivity index (χ0v) is 14.0. The third-order valence-corrected chi connectivity index (χ3v) is 5.43. The molecule has 112 valence electrons. The Morgan fingerprint density at radius 1 is 1.05 bits per heavy atom. The van der Waals surface area contributed by atoms with Crippen molar-refractivity contribution in [1.82, 2.24) is 5.32 Å². The van der Waals surface area contributed by atoms with Crippen molar-refractivity contribution in [3.05, 3.63) is 34.4 Å². The number of rotatable bonds is 4. The van der Waals surface area contributed by atoms with Crippen LogP contribution in [0.4, 0.5) is 0 Å². The molecule has 0 radical (unpaired) electrons. The molecular formula is C19H31N. The van der Waals surface area contributed by atoms with Crippen LogP contribution in [0.2, 0.25) is 0 Å². The summed E-state index contributed by atoms with van der Waals surface area (Å²) in [4.78, 5) is 0. The minimum Gasteiger partial charge on any atom is -0.316 e. The van der Waals surface area contributed by atoms with Crippen molar-refractivity contribution < 1.29 is 0 Å². The fraction of sp³-hybridized carbons (Fsp3) is 0.684. The Bertz CT molecular complexity index is 432. The van der Waals surface area contributed by atoms with Crippen molar-refractivity contribution in [3.63, 3.8) is 0 Å². The average molecular weight is 273 g/mol. The van der Waals surface area contributed by atoms with Crippen LogP contribution in [0.25, 0.3) is 0 Å². The van der Waals surface area contributed by atoms with Gasteiger partial charge in [0.05, 0.1) is 0 Å². The Hall–Kier alpha value is -0.820. The summed E-state index contributed by atoms with van der Waals surface area (Å²) < 4.78 is 0. The highest BCUT2D eigenvalue weighted by Gasteiger charge is 2.34. The van der Waals surface area contributed by atoms with Crippen LogP contribution in [-0.2, 0) is 6.42 Å². The lowest BCUT2D eigenvalue weighted by molar-refractivity contribution is 0.149. The fourth-order valence-corrected chi connectivity index (χ4v) is 4.14. The Kier molecular flexibility index (Phi) is 4.90. The van der Waals surface area contributed by atoms with Crippen molar-refractivity contribution in [1.29, 1.82) is 0 Å². The van der Waals surface area contributed by atoms with Gasteiger partial charge in [-0.25, -0.2) is 0 Å². The van der Waals surface area contributed by atoms with Gasteiger partial charge in [0.1, 0.15) is 0 Å². The summed E-state index contributed by atoms with van der Waals surface area (Å²) in [6.07, 6.45) is 8.16. The number of aryl methyl sites for hydroxylation is 3. The van der Waals surface area contributed by atoms with Crippen LogP contribution in [-0.4, -0.2) is 13.1 Å². The molecule has 1 unspecified atom stereocenters. The molecule has 1 fully saturated rings. The molecule has 1 nitrogen and oxygen atoms in total. The fourth-order valence-electron chi connectivity index (χ4n) is 4.14. The molecule has 1 aliphatic carbocycles. The summed E-state index contributed by atoms with van der Waals surface area (Å²) in [5.41, 5.74) is 6.33. The van der Waals surface area contributed by atoms with Crippen molar-refractivity contribution >= 4 is 0 Å². The first-order chi connectivity index (χ1) is 9.46. The normalized spacial score (nSPS) is 19.9. The number of benzene rings is 1. The lowest BCUT2D eigenvalue weighted by Crippen LogP contribution is -2.44. The first-order valence-electron chi connectivity index (χ1n) is 8.20. The van der Waals surface area contributed by atoms with E-state index in [1.807, 2.05) is 0 Å². The van der Waals surface area contributed by atoms with Gasteiger partial charge in [0.15, 0.2) is 0 Å². The van der Waals surface area contributed by atoms with Crippen LogP contribution >= 0.6 is 0 Å². The van der Waals surface area contributed by atoms with Crippen LogP contribution < -0.4 is 5.32 Å². The van der Waals surface area contributed by atoms with E-state index in [1.165, 1.54) is 55.2 Å². The molecule has 20 heavy (non-hydrogen) atoms. The van der Waals surface area contributed by atoms with E-state index in [4.69, 9.17) is 0 Å². The van der Waals surface area contributed by atoms with E-state index in [0.717, 1.165) is 0 Å². The molecule has 0 bridgehead atoms. The zero-order chi connectivity index (χ0) is 14.8. The van der Waals surface area contributed by atoms with Crippen molar-refractivity contribution in [2.45, 2.75) is 72.3 Å². The van der Waals surface area contributed by atoms with E-state index in [9.17, 15) is 0 Å². The third-order valence-electron chi connectivity index (χ3n) is 5.43. The summed E-state index contributed by atoms with van der Waals surface area (Å²) in [6.45, 7) is 9.23. The van der Waals surface area contributed by atoms with Gasteiger partial charge in [-0.1, -0.05) is 43.9 Å². The molecule has 1 heteroatoms. The van der Waals surface area contributed by atoms with Crippen LogP contribution in [0.3, 0.4) is 0 Å². The molecule has 1 saturated carbocycles. The molecule has 0 amide bonds. The monoisotopic (exact) mass is 273 g/mol. The molecule has 0 saturated heterocycles. The van der Waals surface area contributed by atoms with Gasteiger partial charge in [0.2, 0.25) is 0 Å². The molecular weight excluding hydrogens is 242 g/mol. The van der Waals surface area contributed by atoms with Crippen LogP contribution in [0.1, 0.15) is 61.3 Å². The lowest BCUT2D eigenvalue weighted by atomic mass is 9.68. The van der Waals surface area contributed by atoms with Gasteiger partial charge in [-0.05, 0) is 69.2 Å². The molecule has 1 aromatic carbocycles. The van der Waals surface area contributed by atoms with E-state index in [0.29, 0.717) is 11.5 Å². The maximum Gasteiger partial charge on any atom is 0.0158 e. The molecule has 0 heterocycles. The van der Waals surface area contributed by atoms with Crippen molar-refractivity contribution in [2.75, 3.05) is 7.05 Å². The predicted octanol–water partition coefficient (Wildman–Crippen LogP) is 4.71. The van der Waals surface area contributed by atoms with Crippen LogP contribution in [0.5, 0.6) is 0 Å². The van der Waals surface area contributed by atoms with Gasteiger partial charge in [-0.2, -0.15) is 0 Å². The first kappa shape index (κ1) is 15.6. The predicted molar refractivity (Wildman–Crippen MR) is 88.4 cm³/mol. The van der Waals surface area contributed by atoms with E-state index >= 15 is 0 Å². The highest BCUT2D eigenvalue weighted by atomic mass is 14.9. The SMILES string of the molecule is CNC(Cc1c(C)cc(C)cc1C)C1(C)CCCCC1. The van der Waals surface area contributed by atoms with Gasteiger partial charge in [0, 0.05) is 6.04 Å². The average Bonchev–Trinajstić information content (AvgIpc) is 2.38. The van der Waals surface area contributed by atoms with Crippen LogP contribution in [0.15, 0.2) is 12.1 Å². The quantitative estimate of drug-likeness (QED) is 0.837. The standard InChI is InChI=1S/C19H31N/c1-14-11-15(2)17(16(3)12-14)13-18(20-5)19(4)9-7-6-8-10-19/h11-12,18,20H,6-10,13H2,1-5H3. The van der Waals surface area contributed by atoms with Gasteiger partial charge in [0.25, 0.3) is 0 Å². The van der Waals surface area contributed by atoms with E-state index in [1.54, 1.807) is 5.56 Å². The van der Waals surface area contributed by atoms with E-state index in [2.05, 4.69) is 52.2 Å². The Morgan fingerprint density at radius 2 is 1.60 bits per heavy atom. The smallest absolute Gasteiger partial charge is 0.0158 e. The summed E-state index contributed by atoms with van der Waals surface area (Å²) in [5, 5.41) is 3.63. The highest BCUT2D eigenvalue weighted by Crippen LogP contribution is 2.40. The Balaban J connectivity index is 2.22. The van der Waals surface area contributed by atoms with Crippen molar-refractivity contribution in [3.8, 4) is 0 Å². The minimum absolute atomic E-state index is 0.469. The summed E-state index contributed by atoms with van der Waals surface area (Å²) in [6, 6.07) is 5.26. The number of hydrogen-bond acceptors (Lipinski definition) is 1. The summed E-state index contributed by atoms with van der Waals surface area (Å²) in [7, 11) is 2.14. The molecule has 1 aromatic rings. The highest BCUT2D eigenvalue weighted by molar-refractivity contribution is 5.38. The number of hydrogen-bond donors (Lipinski definition) is 1. The van der Waals surface area contributed by atoms with Gasteiger partial charge >= 0.3 is 0 Å². The number of likely N-dealkylation sites (N-methyl/N-ethyl adjacent to an activating group) is 1. The first-order valence-corrected chi connectivity index (χ1v) is 8.20. The molecule has 0 aliphatic heterocycles. The second kappa shape index (κ2) is 6.30. The van der Waals surface area contributed by atoms with Crippen LogP contribution in [0, 0.1) is 26.2 Å². The van der Waals surface area contributed by atoms with E-state index < -0.39 is 0 Å². The topological polar surface area (TPSA) is 12.0 Å². The summed E-state index contributed by atoms with van der Waals surface area (Å²) >= 11 is 0. The zero-order valence-electron chi connectivity index (χ0n) is 14.0. The van der Waals surface area contributed by atoms with Gasteiger partial charge < -0.3 is 5.32 Å². The second-order valence-corrected chi connectivity index (χ2v) is 7.14.